The van der Waals surface area contributed by atoms with Gasteiger partial charge in [-0.2, -0.15) is 11.3 Å². The Labute approximate surface area is 126 Å². The van der Waals surface area contributed by atoms with E-state index < -0.39 is 0 Å². The Hall–Kier alpha value is -2.59. The fraction of sp³-hybridized carbons (Fsp3) is 0. The molecule has 0 bridgehead atoms. The highest BCUT2D eigenvalue weighted by Crippen LogP contribution is 2.24. The SMILES string of the molecule is O=C(Nc1cccc(Oc2ccccc2)c1)c1ccsc1. The fourth-order valence-electron chi connectivity index (χ4n) is 1.86. The van der Waals surface area contributed by atoms with Gasteiger partial charge in [0.2, 0.25) is 0 Å². The van der Waals surface area contributed by atoms with Gasteiger partial charge >= 0.3 is 0 Å². The molecule has 21 heavy (non-hydrogen) atoms. The van der Waals surface area contributed by atoms with Crippen LogP contribution in [0.25, 0.3) is 0 Å². The van der Waals surface area contributed by atoms with Gasteiger partial charge < -0.3 is 10.1 Å². The van der Waals surface area contributed by atoms with Crippen molar-refractivity contribution >= 4 is 22.9 Å². The second-order valence-corrected chi connectivity index (χ2v) is 5.19. The first kappa shape index (κ1) is 13.4. The van der Waals surface area contributed by atoms with Crippen LogP contribution >= 0.6 is 11.3 Å². The van der Waals surface area contributed by atoms with Crippen molar-refractivity contribution in [3.05, 3.63) is 77.0 Å². The summed E-state index contributed by atoms with van der Waals surface area (Å²) in [6, 6.07) is 18.7. The molecular formula is C17H13NO2S. The van der Waals surface area contributed by atoms with E-state index in [0.29, 0.717) is 17.0 Å². The van der Waals surface area contributed by atoms with Gasteiger partial charge in [0, 0.05) is 17.1 Å². The Bertz CT molecular complexity index is 724. The molecule has 1 heterocycles. The molecule has 0 radical (unpaired) electrons. The summed E-state index contributed by atoms with van der Waals surface area (Å²) < 4.78 is 5.74. The molecule has 3 rings (SSSR count). The molecule has 0 unspecified atom stereocenters. The number of para-hydroxylation sites is 1. The van der Waals surface area contributed by atoms with Gasteiger partial charge in [-0.05, 0) is 35.7 Å². The number of carbonyl (C=O) groups is 1. The highest BCUT2D eigenvalue weighted by atomic mass is 32.1. The maximum atomic E-state index is 12.0. The van der Waals surface area contributed by atoms with E-state index in [1.165, 1.54) is 11.3 Å². The van der Waals surface area contributed by atoms with Gasteiger partial charge in [-0.25, -0.2) is 0 Å². The van der Waals surface area contributed by atoms with Crippen molar-refractivity contribution in [2.45, 2.75) is 0 Å². The lowest BCUT2D eigenvalue weighted by Crippen LogP contribution is -2.10. The van der Waals surface area contributed by atoms with Crippen LogP contribution in [0.2, 0.25) is 0 Å². The third-order valence-corrected chi connectivity index (χ3v) is 3.54. The molecule has 1 aromatic heterocycles. The van der Waals surface area contributed by atoms with Crippen LogP contribution in [0.15, 0.2) is 71.4 Å². The van der Waals surface area contributed by atoms with E-state index in [4.69, 9.17) is 4.74 Å². The number of rotatable bonds is 4. The van der Waals surface area contributed by atoms with Crippen molar-refractivity contribution in [3.8, 4) is 11.5 Å². The normalized spacial score (nSPS) is 10.1. The van der Waals surface area contributed by atoms with E-state index >= 15 is 0 Å². The van der Waals surface area contributed by atoms with Crippen LogP contribution in [-0.4, -0.2) is 5.91 Å². The molecule has 0 spiro atoms. The molecule has 0 saturated carbocycles. The van der Waals surface area contributed by atoms with E-state index in [2.05, 4.69) is 5.32 Å². The lowest BCUT2D eigenvalue weighted by Gasteiger charge is -2.08. The molecular weight excluding hydrogens is 282 g/mol. The molecule has 0 fully saturated rings. The van der Waals surface area contributed by atoms with Gasteiger partial charge in [-0.3, -0.25) is 4.79 Å². The Balaban J connectivity index is 1.73. The first-order valence-corrected chi connectivity index (χ1v) is 7.42. The van der Waals surface area contributed by atoms with Crippen molar-refractivity contribution in [2.24, 2.45) is 0 Å². The minimum absolute atomic E-state index is 0.117. The molecule has 0 aliphatic carbocycles. The lowest BCUT2D eigenvalue weighted by atomic mass is 10.2. The quantitative estimate of drug-likeness (QED) is 0.751. The van der Waals surface area contributed by atoms with Crippen LogP contribution < -0.4 is 10.1 Å². The molecule has 104 valence electrons. The monoisotopic (exact) mass is 295 g/mol. The highest BCUT2D eigenvalue weighted by molar-refractivity contribution is 7.08. The summed E-state index contributed by atoms with van der Waals surface area (Å²) in [6.07, 6.45) is 0. The van der Waals surface area contributed by atoms with E-state index in [1.54, 1.807) is 12.1 Å². The minimum atomic E-state index is -0.117. The molecule has 0 atom stereocenters. The Morgan fingerprint density at radius 2 is 1.76 bits per heavy atom. The molecule has 2 aromatic carbocycles. The second kappa shape index (κ2) is 6.24. The molecule has 1 amide bonds. The highest BCUT2D eigenvalue weighted by Gasteiger charge is 2.06. The van der Waals surface area contributed by atoms with Gasteiger partial charge in [-0.1, -0.05) is 24.3 Å². The summed E-state index contributed by atoms with van der Waals surface area (Å²) >= 11 is 1.50. The van der Waals surface area contributed by atoms with Gasteiger partial charge in [0.15, 0.2) is 0 Å². The second-order valence-electron chi connectivity index (χ2n) is 4.41. The van der Waals surface area contributed by atoms with Gasteiger partial charge in [0.1, 0.15) is 11.5 Å². The Morgan fingerprint density at radius 3 is 2.52 bits per heavy atom. The maximum absolute atomic E-state index is 12.0. The molecule has 0 saturated heterocycles. The fourth-order valence-corrected chi connectivity index (χ4v) is 2.49. The van der Waals surface area contributed by atoms with Crippen LogP contribution in [0.5, 0.6) is 11.5 Å². The summed E-state index contributed by atoms with van der Waals surface area (Å²) in [6.45, 7) is 0. The minimum Gasteiger partial charge on any atom is -0.457 e. The van der Waals surface area contributed by atoms with E-state index in [9.17, 15) is 4.79 Å². The van der Waals surface area contributed by atoms with Crippen molar-refractivity contribution in [1.29, 1.82) is 0 Å². The summed E-state index contributed by atoms with van der Waals surface area (Å²) in [7, 11) is 0. The maximum Gasteiger partial charge on any atom is 0.256 e. The topological polar surface area (TPSA) is 38.3 Å². The van der Waals surface area contributed by atoms with Crippen LogP contribution in [0.4, 0.5) is 5.69 Å². The first-order chi connectivity index (χ1) is 10.3. The zero-order valence-corrected chi connectivity index (χ0v) is 12.0. The number of carbonyl (C=O) groups excluding carboxylic acids is 1. The largest absolute Gasteiger partial charge is 0.457 e. The summed E-state index contributed by atoms with van der Waals surface area (Å²) in [4.78, 5) is 12.0. The van der Waals surface area contributed by atoms with Crippen molar-refractivity contribution in [2.75, 3.05) is 5.32 Å². The smallest absolute Gasteiger partial charge is 0.256 e. The predicted octanol–water partition coefficient (Wildman–Crippen LogP) is 4.79. The van der Waals surface area contributed by atoms with Gasteiger partial charge in [0.05, 0.1) is 5.56 Å². The molecule has 0 aliphatic heterocycles. The van der Waals surface area contributed by atoms with Crippen LogP contribution in [0.3, 0.4) is 0 Å². The predicted molar refractivity (Wildman–Crippen MR) is 85.2 cm³/mol. The number of benzene rings is 2. The standard InChI is InChI=1S/C17H13NO2S/c19-17(13-9-10-21-12-13)18-14-5-4-8-16(11-14)20-15-6-2-1-3-7-15/h1-12H,(H,18,19). The van der Waals surface area contributed by atoms with E-state index in [-0.39, 0.29) is 5.91 Å². The first-order valence-electron chi connectivity index (χ1n) is 6.48. The van der Waals surface area contributed by atoms with Gasteiger partial charge in [0.25, 0.3) is 5.91 Å². The number of anilines is 1. The molecule has 1 N–H and O–H groups in total. The van der Waals surface area contributed by atoms with Crippen molar-refractivity contribution < 1.29 is 9.53 Å². The Kier molecular flexibility index (Phi) is 3.98. The summed E-state index contributed by atoms with van der Waals surface area (Å²) in [5.74, 6) is 1.33. The zero-order chi connectivity index (χ0) is 14.5. The number of amides is 1. The molecule has 4 heteroatoms. The molecule has 3 nitrogen and oxygen atoms in total. The number of ether oxygens (including phenoxy) is 1. The van der Waals surface area contributed by atoms with Crippen molar-refractivity contribution in [1.82, 2.24) is 0 Å². The van der Waals surface area contributed by atoms with Crippen LogP contribution in [-0.2, 0) is 0 Å². The number of hydrogen-bond acceptors (Lipinski definition) is 3. The van der Waals surface area contributed by atoms with Crippen LogP contribution in [0.1, 0.15) is 10.4 Å². The molecule has 3 aromatic rings. The third kappa shape index (κ3) is 3.49. The van der Waals surface area contributed by atoms with Gasteiger partial charge in [-0.15, -0.1) is 0 Å². The zero-order valence-electron chi connectivity index (χ0n) is 11.2. The number of nitrogens with one attached hydrogen (secondary N) is 1. The lowest BCUT2D eigenvalue weighted by molar-refractivity contribution is 0.102. The Morgan fingerprint density at radius 1 is 0.952 bits per heavy atom. The summed E-state index contributed by atoms with van der Waals surface area (Å²) in [5, 5.41) is 6.56. The van der Waals surface area contributed by atoms with E-state index in [0.717, 1.165) is 5.75 Å². The average molecular weight is 295 g/mol. The van der Waals surface area contributed by atoms with Crippen molar-refractivity contribution in [3.63, 3.8) is 0 Å². The third-order valence-electron chi connectivity index (χ3n) is 2.85. The summed E-state index contributed by atoms with van der Waals surface area (Å²) in [5.41, 5.74) is 1.37. The number of hydrogen-bond donors (Lipinski definition) is 1. The van der Waals surface area contributed by atoms with Crippen LogP contribution in [0, 0.1) is 0 Å². The average Bonchev–Trinajstić information content (AvgIpc) is 3.03. The number of thiophene rings is 1. The van der Waals surface area contributed by atoms with E-state index in [1.807, 2.05) is 59.3 Å². The molecule has 0 aliphatic rings.